The van der Waals surface area contributed by atoms with Crippen LogP contribution in [0, 0.1) is 5.41 Å². The minimum atomic E-state index is -0.915. The number of hydrogen-bond donors (Lipinski definition) is 1. The van der Waals surface area contributed by atoms with E-state index in [0.717, 1.165) is 0 Å². The number of nitrogens with two attached hydrogens (primary N) is 1. The number of rotatable bonds is 6. The molecule has 0 spiro atoms. The molecular formula is C15H24ClNO5. The number of esters is 1. The first-order chi connectivity index (χ1) is 9.84. The number of hydrogen-bond acceptors (Lipinski definition) is 6. The average molecular weight is 334 g/mol. The predicted octanol–water partition coefficient (Wildman–Crippen LogP) is 2.33. The van der Waals surface area contributed by atoms with Crippen LogP contribution in [0.25, 0.3) is 0 Å². The molecule has 0 aliphatic heterocycles. The van der Waals surface area contributed by atoms with Crippen molar-refractivity contribution in [3.63, 3.8) is 0 Å². The minimum absolute atomic E-state index is 0. The Hall–Kier alpha value is -1.66. The Labute approximate surface area is 137 Å². The summed E-state index contributed by atoms with van der Waals surface area (Å²) in [5, 5.41) is 0. The number of halogens is 1. The van der Waals surface area contributed by atoms with Crippen LogP contribution in [0.15, 0.2) is 12.1 Å². The molecule has 0 saturated carbocycles. The van der Waals surface area contributed by atoms with E-state index < -0.39 is 17.4 Å². The highest BCUT2D eigenvalue weighted by Gasteiger charge is 2.38. The van der Waals surface area contributed by atoms with Crippen molar-refractivity contribution >= 4 is 18.4 Å². The van der Waals surface area contributed by atoms with Crippen LogP contribution in [-0.4, -0.2) is 34.4 Å². The van der Waals surface area contributed by atoms with E-state index in [1.54, 1.807) is 26.0 Å². The normalized spacial score (nSPS) is 12.0. The lowest BCUT2D eigenvalue weighted by atomic mass is 9.80. The molecule has 0 heterocycles. The Kier molecular flexibility index (Phi) is 7.49. The maximum absolute atomic E-state index is 11.9. The standard InChI is InChI=1S/C15H23NO5.ClH/c1-15(2,14(17)21-6)13(16)9-7-8-10(18-3)12(20-5)11(9)19-4;/h7-8,13H,16H2,1-6H3;1H/t13-;/m1./s1. The van der Waals surface area contributed by atoms with Gasteiger partial charge in [-0.15, -0.1) is 12.4 Å². The highest BCUT2D eigenvalue weighted by molar-refractivity contribution is 5.85. The first-order valence-electron chi connectivity index (χ1n) is 6.47. The zero-order valence-electron chi connectivity index (χ0n) is 13.8. The summed E-state index contributed by atoms with van der Waals surface area (Å²) in [6.45, 7) is 3.44. The molecule has 0 fully saturated rings. The predicted molar refractivity (Wildman–Crippen MR) is 86.1 cm³/mol. The van der Waals surface area contributed by atoms with Crippen LogP contribution < -0.4 is 19.9 Å². The van der Waals surface area contributed by atoms with Crippen LogP contribution in [0.5, 0.6) is 17.2 Å². The Morgan fingerprint density at radius 2 is 1.59 bits per heavy atom. The number of ether oxygens (including phenoxy) is 4. The maximum Gasteiger partial charge on any atom is 0.313 e. The van der Waals surface area contributed by atoms with Crippen molar-refractivity contribution in [2.24, 2.45) is 11.1 Å². The SMILES string of the molecule is COC(=O)C(C)(C)[C@H](N)c1ccc(OC)c(OC)c1OC.Cl. The van der Waals surface area contributed by atoms with Crippen LogP contribution in [0.1, 0.15) is 25.5 Å². The summed E-state index contributed by atoms with van der Waals surface area (Å²) in [6, 6.07) is 2.86. The average Bonchev–Trinajstić information content (AvgIpc) is 2.51. The summed E-state index contributed by atoms with van der Waals surface area (Å²) in [7, 11) is 5.90. The van der Waals surface area contributed by atoms with Crippen molar-refractivity contribution in [2.75, 3.05) is 28.4 Å². The molecule has 1 atom stereocenters. The Balaban J connectivity index is 0.00000441. The molecular weight excluding hydrogens is 310 g/mol. The summed E-state index contributed by atoms with van der Waals surface area (Å²) >= 11 is 0. The summed E-state index contributed by atoms with van der Waals surface area (Å²) in [5.41, 5.74) is 5.99. The van der Waals surface area contributed by atoms with Gasteiger partial charge in [0.05, 0.1) is 33.9 Å². The molecule has 6 nitrogen and oxygen atoms in total. The highest BCUT2D eigenvalue weighted by Crippen LogP contribution is 2.45. The minimum Gasteiger partial charge on any atom is -0.493 e. The number of carbonyl (C=O) groups is 1. The van der Waals surface area contributed by atoms with Crippen molar-refractivity contribution < 1.29 is 23.7 Å². The number of methoxy groups -OCH3 is 4. The van der Waals surface area contributed by atoms with Crippen LogP contribution >= 0.6 is 12.4 Å². The van der Waals surface area contributed by atoms with E-state index in [1.807, 2.05) is 0 Å². The largest absolute Gasteiger partial charge is 0.493 e. The first kappa shape index (κ1) is 20.3. The van der Waals surface area contributed by atoms with Gasteiger partial charge in [-0.2, -0.15) is 0 Å². The van der Waals surface area contributed by atoms with Gasteiger partial charge in [0, 0.05) is 11.6 Å². The molecule has 7 heteroatoms. The van der Waals surface area contributed by atoms with Crippen molar-refractivity contribution in [3.8, 4) is 17.2 Å². The third-order valence-electron chi connectivity index (χ3n) is 3.56. The third-order valence-corrected chi connectivity index (χ3v) is 3.56. The zero-order valence-corrected chi connectivity index (χ0v) is 14.6. The molecule has 2 N–H and O–H groups in total. The molecule has 0 aliphatic rings. The van der Waals surface area contributed by atoms with Crippen LogP contribution in [-0.2, 0) is 9.53 Å². The van der Waals surface area contributed by atoms with Crippen LogP contribution in [0.4, 0.5) is 0 Å². The van der Waals surface area contributed by atoms with E-state index >= 15 is 0 Å². The van der Waals surface area contributed by atoms with Gasteiger partial charge in [0.15, 0.2) is 11.5 Å². The Morgan fingerprint density at radius 3 is 2.00 bits per heavy atom. The molecule has 126 valence electrons. The summed E-state index contributed by atoms with van der Waals surface area (Å²) in [5.74, 6) is 1.02. The van der Waals surface area contributed by atoms with Crippen molar-refractivity contribution in [2.45, 2.75) is 19.9 Å². The molecule has 0 radical (unpaired) electrons. The van der Waals surface area contributed by atoms with Gasteiger partial charge in [-0.1, -0.05) is 0 Å². The van der Waals surface area contributed by atoms with E-state index in [0.29, 0.717) is 22.8 Å². The lowest BCUT2D eigenvalue weighted by Crippen LogP contribution is -2.37. The number of benzene rings is 1. The van der Waals surface area contributed by atoms with Gasteiger partial charge in [-0.05, 0) is 26.0 Å². The summed E-state index contributed by atoms with van der Waals surface area (Å²) in [6.07, 6.45) is 0. The first-order valence-corrected chi connectivity index (χ1v) is 6.47. The molecule has 0 amide bonds. The van der Waals surface area contributed by atoms with Gasteiger partial charge in [0.2, 0.25) is 5.75 Å². The quantitative estimate of drug-likeness (QED) is 0.805. The van der Waals surface area contributed by atoms with Crippen molar-refractivity contribution in [1.29, 1.82) is 0 Å². The van der Waals surface area contributed by atoms with Gasteiger partial charge in [0.25, 0.3) is 0 Å². The molecule has 1 aromatic rings. The maximum atomic E-state index is 11.9. The van der Waals surface area contributed by atoms with Crippen LogP contribution in [0.3, 0.4) is 0 Å². The fourth-order valence-electron chi connectivity index (χ4n) is 2.15. The Morgan fingerprint density at radius 1 is 1.05 bits per heavy atom. The third kappa shape index (κ3) is 3.56. The van der Waals surface area contributed by atoms with Crippen LogP contribution in [0.2, 0.25) is 0 Å². The fourth-order valence-corrected chi connectivity index (χ4v) is 2.15. The topological polar surface area (TPSA) is 80.0 Å². The van der Waals surface area contributed by atoms with E-state index in [1.165, 1.54) is 28.4 Å². The molecule has 0 saturated heterocycles. The second kappa shape index (κ2) is 8.10. The Bertz CT molecular complexity index is 519. The second-order valence-electron chi connectivity index (χ2n) is 5.11. The van der Waals surface area contributed by atoms with E-state index in [-0.39, 0.29) is 12.4 Å². The molecule has 22 heavy (non-hydrogen) atoms. The van der Waals surface area contributed by atoms with E-state index in [9.17, 15) is 4.79 Å². The second-order valence-corrected chi connectivity index (χ2v) is 5.11. The van der Waals surface area contributed by atoms with Gasteiger partial charge >= 0.3 is 5.97 Å². The fraction of sp³-hybridized carbons (Fsp3) is 0.533. The summed E-state index contributed by atoms with van der Waals surface area (Å²) in [4.78, 5) is 11.9. The molecule has 0 aliphatic carbocycles. The molecule has 0 bridgehead atoms. The lowest BCUT2D eigenvalue weighted by Gasteiger charge is -2.30. The summed E-state index contributed by atoms with van der Waals surface area (Å²) < 4.78 is 20.8. The lowest BCUT2D eigenvalue weighted by molar-refractivity contribution is -0.152. The van der Waals surface area contributed by atoms with Gasteiger partial charge in [-0.3, -0.25) is 4.79 Å². The van der Waals surface area contributed by atoms with E-state index in [2.05, 4.69) is 0 Å². The van der Waals surface area contributed by atoms with Gasteiger partial charge in [-0.25, -0.2) is 0 Å². The van der Waals surface area contributed by atoms with Gasteiger partial charge in [0.1, 0.15) is 0 Å². The molecule has 1 aromatic carbocycles. The molecule has 0 aromatic heterocycles. The van der Waals surface area contributed by atoms with Crippen molar-refractivity contribution in [1.82, 2.24) is 0 Å². The highest BCUT2D eigenvalue weighted by atomic mass is 35.5. The monoisotopic (exact) mass is 333 g/mol. The van der Waals surface area contributed by atoms with E-state index in [4.69, 9.17) is 24.7 Å². The molecule has 0 unspecified atom stereocenters. The van der Waals surface area contributed by atoms with Gasteiger partial charge < -0.3 is 24.7 Å². The van der Waals surface area contributed by atoms with Crippen molar-refractivity contribution in [3.05, 3.63) is 17.7 Å². The smallest absolute Gasteiger partial charge is 0.313 e. The molecule has 1 rings (SSSR count). The number of carbonyl (C=O) groups excluding carboxylic acids is 1. The zero-order chi connectivity index (χ0) is 16.2.